The summed E-state index contributed by atoms with van der Waals surface area (Å²) in [6, 6.07) is 3.92. The normalized spacial score (nSPS) is 12.6. The lowest BCUT2D eigenvalue weighted by Gasteiger charge is -2.14. The van der Waals surface area contributed by atoms with Crippen LogP contribution in [0.3, 0.4) is 0 Å². The number of alkyl halides is 1. The smallest absolute Gasteiger partial charge is 0.244 e. The van der Waals surface area contributed by atoms with E-state index in [4.69, 9.17) is 23.2 Å². The van der Waals surface area contributed by atoms with Crippen LogP contribution in [0, 0.1) is 0 Å². The standard InChI is InChI=1S/C11H16Cl2N2O4S2/c1-15(2)21(18,19)11-8-9(4-5-10(11)13)14-20(16,17)7-3-6-12/h4-5,8,14H,3,6-7H2,1-2H3. The van der Waals surface area contributed by atoms with E-state index in [0.717, 1.165) is 4.31 Å². The third-order valence-electron chi connectivity index (χ3n) is 2.51. The molecule has 1 aromatic rings. The number of halogens is 2. The van der Waals surface area contributed by atoms with E-state index in [0.29, 0.717) is 6.42 Å². The predicted molar refractivity (Wildman–Crippen MR) is 85.1 cm³/mol. The zero-order valence-electron chi connectivity index (χ0n) is 11.5. The monoisotopic (exact) mass is 374 g/mol. The molecule has 0 aromatic heterocycles. The van der Waals surface area contributed by atoms with Crippen molar-refractivity contribution < 1.29 is 16.8 Å². The molecule has 0 fully saturated rings. The van der Waals surface area contributed by atoms with Crippen LogP contribution >= 0.6 is 23.2 Å². The Bertz CT molecular complexity index is 703. The Hall–Kier alpha value is -0.540. The summed E-state index contributed by atoms with van der Waals surface area (Å²) in [5.74, 6) is 0.0800. The van der Waals surface area contributed by atoms with Crippen LogP contribution in [-0.2, 0) is 20.0 Å². The van der Waals surface area contributed by atoms with Crippen molar-refractivity contribution in [2.75, 3.05) is 30.5 Å². The first kappa shape index (κ1) is 18.5. The van der Waals surface area contributed by atoms with Crippen molar-refractivity contribution in [3.8, 4) is 0 Å². The molecule has 0 heterocycles. The van der Waals surface area contributed by atoms with Gasteiger partial charge in [0, 0.05) is 25.7 Å². The number of sulfonamides is 2. The Balaban J connectivity index is 3.14. The van der Waals surface area contributed by atoms with Crippen molar-refractivity contribution in [2.45, 2.75) is 11.3 Å². The molecule has 0 aliphatic carbocycles. The van der Waals surface area contributed by atoms with Gasteiger partial charge in [0.2, 0.25) is 20.0 Å². The highest BCUT2D eigenvalue weighted by Crippen LogP contribution is 2.27. The number of hydrogen-bond acceptors (Lipinski definition) is 4. The maximum Gasteiger partial charge on any atom is 0.244 e. The van der Waals surface area contributed by atoms with Crippen LogP contribution in [0.2, 0.25) is 5.02 Å². The number of anilines is 1. The molecule has 0 spiro atoms. The van der Waals surface area contributed by atoms with Crippen LogP contribution in [0.1, 0.15) is 6.42 Å². The Morgan fingerprint density at radius 1 is 1.19 bits per heavy atom. The molecule has 1 rings (SSSR count). The summed E-state index contributed by atoms with van der Waals surface area (Å²) in [4.78, 5) is -0.160. The van der Waals surface area contributed by atoms with Crippen LogP contribution in [0.25, 0.3) is 0 Å². The van der Waals surface area contributed by atoms with E-state index < -0.39 is 20.0 Å². The van der Waals surface area contributed by atoms with Crippen molar-refractivity contribution in [1.82, 2.24) is 4.31 Å². The first-order valence-electron chi connectivity index (χ1n) is 5.88. The van der Waals surface area contributed by atoms with Gasteiger partial charge < -0.3 is 0 Å². The number of benzene rings is 1. The Morgan fingerprint density at radius 2 is 1.81 bits per heavy atom. The molecule has 0 aliphatic heterocycles. The maximum atomic E-state index is 12.1. The molecule has 6 nitrogen and oxygen atoms in total. The van der Waals surface area contributed by atoms with E-state index in [1.165, 1.54) is 32.3 Å². The van der Waals surface area contributed by atoms with E-state index in [2.05, 4.69) is 4.72 Å². The largest absolute Gasteiger partial charge is 0.284 e. The van der Waals surface area contributed by atoms with Gasteiger partial charge >= 0.3 is 0 Å². The minimum absolute atomic E-state index is 0.0207. The minimum atomic E-state index is -3.76. The zero-order valence-corrected chi connectivity index (χ0v) is 14.7. The fourth-order valence-corrected chi connectivity index (χ4v) is 4.23. The lowest BCUT2D eigenvalue weighted by atomic mass is 10.3. The predicted octanol–water partition coefficient (Wildman–Crippen LogP) is 1.96. The van der Waals surface area contributed by atoms with Gasteiger partial charge in [-0.2, -0.15) is 0 Å². The molecule has 0 radical (unpaired) electrons. The summed E-state index contributed by atoms with van der Waals surface area (Å²) in [5.41, 5.74) is 0.134. The molecule has 0 unspecified atom stereocenters. The molecule has 1 aromatic carbocycles. The van der Waals surface area contributed by atoms with Gasteiger partial charge in [-0.3, -0.25) is 4.72 Å². The van der Waals surface area contributed by atoms with Crippen molar-refractivity contribution in [1.29, 1.82) is 0 Å². The first-order valence-corrected chi connectivity index (χ1v) is 9.89. The highest BCUT2D eigenvalue weighted by atomic mass is 35.5. The second kappa shape index (κ2) is 7.15. The van der Waals surface area contributed by atoms with E-state index in [1.54, 1.807) is 0 Å². The van der Waals surface area contributed by atoms with E-state index in [1.807, 2.05) is 0 Å². The average molecular weight is 375 g/mol. The van der Waals surface area contributed by atoms with Crippen LogP contribution in [0.4, 0.5) is 5.69 Å². The highest BCUT2D eigenvalue weighted by Gasteiger charge is 2.22. The molecule has 1 N–H and O–H groups in total. The van der Waals surface area contributed by atoms with Gasteiger partial charge in [-0.25, -0.2) is 21.1 Å². The summed E-state index contributed by atoms with van der Waals surface area (Å²) in [7, 11) is -4.61. The van der Waals surface area contributed by atoms with Crippen LogP contribution in [0.15, 0.2) is 23.1 Å². The molecular weight excluding hydrogens is 359 g/mol. The highest BCUT2D eigenvalue weighted by molar-refractivity contribution is 7.92. The number of nitrogens with one attached hydrogen (secondary N) is 1. The topological polar surface area (TPSA) is 83.6 Å². The third-order valence-corrected chi connectivity index (χ3v) is 6.45. The van der Waals surface area contributed by atoms with E-state index in [-0.39, 0.29) is 27.2 Å². The summed E-state index contributed by atoms with van der Waals surface area (Å²) >= 11 is 11.3. The molecule has 0 saturated heterocycles. The lowest BCUT2D eigenvalue weighted by molar-refractivity contribution is 0.521. The molecule has 0 aliphatic rings. The molecular formula is C11H16Cl2N2O4S2. The molecule has 0 atom stereocenters. The van der Waals surface area contributed by atoms with Gasteiger partial charge in [0.05, 0.1) is 10.8 Å². The van der Waals surface area contributed by atoms with Gasteiger partial charge in [0.15, 0.2) is 0 Å². The average Bonchev–Trinajstić information content (AvgIpc) is 2.38. The molecule has 10 heteroatoms. The van der Waals surface area contributed by atoms with Crippen molar-refractivity contribution >= 4 is 48.9 Å². The molecule has 0 saturated carbocycles. The second-order valence-electron chi connectivity index (χ2n) is 4.40. The van der Waals surface area contributed by atoms with Gasteiger partial charge in [0.1, 0.15) is 4.90 Å². The van der Waals surface area contributed by atoms with Crippen LogP contribution < -0.4 is 4.72 Å². The number of nitrogens with zero attached hydrogens (tertiary/aromatic N) is 1. The second-order valence-corrected chi connectivity index (χ2v) is 9.14. The first-order chi connectivity index (χ1) is 9.60. The number of hydrogen-bond donors (Lipinski definition) is 1. The quantitative estimate of drug-likeness (QED) is 0.739. The van der Waals surface area contributed by atoms with Crippen molar-refractivity contribution in [3.05, 3.63) is 23.2 Å². The Morgan fingerprint density at radius 3 is 2.33 bits per heavy atom. The Kier molecular flexibility index (Phi) is 6.30. The molecule has 0 bridgehead atoms. The van der Waals surface area contributed by atoms with Crippen molar-refractivity contribution in [3.63, 3.8) is 0 Å². The summed E-state index contributed by atoms with van der Waals surface area (Å²) in [5, 5.41) is 0.0207. The van der Waals surface area contributed by atoms with Gasteiger partial charge in [-0.15, -0.1) is 11.6 Å². The number of rotatable bonds is 7. The van der Waals surface area contributed by atoms with Gasteiger partial charge in [-0.1, -0.05) is 11.6 Å². The van der Waals surface area contributed by atoms with Gasteiger partial charge in [0.25, 0.3) is 0 Å². The van der Waals surface area contributed by atoms with Crippen LogP contribution in [0.5, 0.6) is 0 Å². The third kappa shape index (κ3) is 5.00. The summed E-state index contributed by atoms with van der Waals surface area (Å²) < 4.78 is 51.0. The van der Waals surface area contributed by atoms with Gasteiger partial charge in [-0.05, 0) is 24.6 Å². The summed E-state index contributed by atoms with van der Waals surface area (Å²) in [6.07, 6.45) is 0.299. The Labute approximate surface area is 135 Å². The SMILES string of the molecule is CN(C)S(=O)(=O)c1cc(NS(=O)(=O)CCCCl)ccc1Cl. The lowest BCUT2D eigenvalue weighted by Crippen LogP contribution is -2.23. The van der Waals surface area contributed by atoms with E-state index >= 15 is 0 Å². The van der Waals surface area contributed by atoms with Crippen LogP contribution in [-0.4, -0.2) is 46.9 Å². The molecule has 21 heavy (non-hydrogen) atoms. The fourth-order valence-electron chi connectivity index (χ4n) is 1.44. The fraction of sp³-hybridized carbons (Fsp3) is 0.455. The molecule has 120 valence electrons. The van der Waals surface area contributed by atoms with Crippen molar-refractivity contribution in [2.24, 2.45) is 0 Å². The zero-order chi connectivity index (χ0) is 16.3. The minimum Gasteiger partial charge on any atom is -0.284 e. The van der Waals surface area contributed by atoms with E-state index in [9.17, 15) is 16.8 Å². The molecule has 0 amide bonds. The maximum absolute atomic E-state index is 12.1. The summed E-state index contributed by atoms with van der Waals surface area (Å²) in [6.45, 7) is 0.